The van der Waals surface area contributed by atoms with Crippen LogP contribution in [0.5, 0.6) is 5.75 Å². The summed E-state index contributed by atoms with van der Waals surface area (Å²) in [6.07, 6.45) is 3.27. The summed E-state index contributed by atoms with van der Waals surface area (Å²) in [6, 6.07) is 9.39. The molecular formula is C22H19F3N6O. The first-order valence-corrected chi connectivity index (χ1v) is 10.1. The standard InChI is InChI=1S/C22H19F3N6O/c1-30(12-26)11-18-16-8-9-17(16)19(18)27-21-28-20-15(3-2-10-31(20)29-21)13-4-6-14(7-5-13)32-22(23,24)25/h2-7,10-11,16-17,19H,8-9H2,1H3,(H,27,29)/b18-11+/t16?,17?,19-/m1/s1. The molecule has 164 valence electrons. The fourth-order valence-corrected chi connectivity index (χ4v) is 4.48. The van der Waals surface area contributed by atoms with E-state index < -0.39 is 6.36 Å². The van der Waals surface area contributed by atoms with Gasteiger partial charge in [-0.3, -0.25) is 4.90 Å². The Labute approximate surface area is 181 Å². The van der Waals surface area contributed by atoms with Gasteiger partial charge in [0, 0.05) is 25.0 Å². The van der Waals surface area contributed by atoms with Crippen LogP contribution in [-0.2, 0) is 0 Å². The molecule has 2 aromatic heterocycles. The molecule has 0 radical (unpaired) electrons. The fourth-order valence-electron chi connectivity index (χ4n) is 4.48. The Kier molecular flexibility index (Phi) is 4.69. The van der Waals surface area contributed by atoms with Crippen molar-refractivity contribution in [1.29, 1.82) is 5.26 Å². The van der Waals surface area contributed by atoms with Gasteiger partial charge in [0.1, 0.15) is 5.75 Å². The van der Waals surface area contributed by atoms with Crippen molar-refractivity contribution < 1.29 is 17.9 Å². The number of pyridine rings is 1. The smallest absolute Gasteiger partial charge is 0.406 e. The summed E-state index contributed by atoms with van der Waals surface area (Å²) in [4.78, 5) is 6.13. The number of hydrogen-bond acceptors (Lipinski definition) is 6. The average Bonchev–Trinajstić information content (AvgIpc) is 3.14. The van der Waals surface area contributed by atoms with Crippen molar-refractivity contribution in [2.75, 3.05) is 12.4 Å². The predicted molar refractivity (Wildman–Crippen MR) is 110 cm³/mol. The number of rotatable bonds is 5. The van der Waals surface area contributed by atoms with Crippen molar-refractivity contribution in [3.05, 3.63) is 54.4 Å². The zero-order valence-corrected chi connectivity index (χ0v) is 17.0. The molecule has 5 rings (SSSR count). The Morgan fingerprint density at radius 1 is 1.25 bits per heavy atom. The van der Waals surface area contributed by atoms with Gasteiger partial charge in [0.15, 0.2) is 11.8 Å². The van der Waals surface area contributed by atoms with Crippen LogP contribution in [0.15, 0.2) is 54.4 Å². The minimum atomic E-state index is -4.73. The van der Waals surface area contributed by atoms with Gasteiger partial charge in [-0.2, -0.15) is 10.2 Å². The van der Waals surface area contributed by atoms with E-state index in [1.807, 2.05) is 12.3 Å². The largest absolute Gasteiger partial charge is 0.573 e. The summed E-state index contributed by atoms with van der Waals surface area (Å²) in [7, 11) is 1.72. The van der Waals surface area contributed by atoms with E-state index in [1.165, 1.54) is 22.6 Å². The highest BCUT2D eigenvalue weighted by Crippen LogP contribution is 2.54. The molecule has 0 spiro atoms. The third-order valence-electron chi connectivity index (χ3n) is 6.09. The van der Waals surface area contributed by atoms with Crippen molar-refractivity contribution >= 4 is 11.6 Å². The number of nitrogens with zero attached hydrogens (tertiary/aromatic N) is 5. The van der Waals surface area contributed by atoms with Gasteiger partial charge < -0.3 is 10.1 Å². The lowest BCUT2D eigenvalue weighted by Gasteiger charge is -2.55. The first-order valence-electron chi connectivity index (χ1n) is 10.1. The minimum Gasteiger partial charge on any atom is -0.406 e. The van der Waals surface area contributed by atoms with Gasteiger partial charge in [0.05, 0.1) is 6.04 Å². The predicted octanol–water partition coefficient (Wildman–Crippen LogP) is 4.41. The second kappa shape index (κ2) is 7.44. The van der Waals surface area contributed by atoms with Crippen molar-refractivity contribution in [3.63, 3.8) is 0 Å². The number of benzene rings is 1. The number of nitrogens with one attached hydrogen (secondary N) is 1. The number of anilines is 1. The summed E-state index contributed by atoms with van der Waals surface area (Å²) >= 11 is 0. The second-order valence-corrected chi connectivity index (χ2v) is 8.01. The number of ether oxygens (including phenoxy) is 1. The van der Waals surface area contributed by atoms with E-state index in [4.69, 9.17) is 5.26 Å². The number of hydrogen-bond donors (Lipinski definition) is 1. The number of alkyl halides is 3. The molecule has 2 unspecified atom stereocenters. The maximum Gasteiger partial charge on any atom is 0.573 e. The van der Waals surface area contributed by atoms with E-state index in [0.29, 0.717) is 29.0 Å². The van der Waals surface area contributed by atoms with Crippen molar-refractivity contribution in [1.82, 2.24) is 19.5 Å². The maximum atomic E-state index is 12.4. The summed E-state index contributed by atoms with van der Waals surface area (Å²) in [5.41, 5.74) is 3.21. The second-order valence-electron chi connectivity index (χ2n) is 8.01. The van der Waals surface area contributed by atoms with Gasteiger partial charge in [-0.05, 0) is 60.1 Å². The Hall–Kier alpha value is -3.74. The Bertz CT molecular complexity index is 1230. The average molecular weight is 440 g/mol. The van der Waals surface area contributed by atoms with E-state index in [1.54, 1.807) is 36.0 Å². The van der Waals surface area contributed by atoms with Gasteiger partial charge in [-0.25, -0.2) is 4.52 Å². The molecule has 1 N–H and O–H groups in total. The zero-order valence-electron chi connectivity index (χ0n) is 17.0. The number of fused-ring (bicyclic) bond motifs is 2. The summed E-state index contributed by atoms with van der Waals surface area (Å²) in [5, 5.41) is 17.0. The van der Waals surface area contributed by atoms with Gasteiger partial charge >= 0.3 is 6.36 Å². The lowest BCUT2D eigenvalue weighted by atomic mass is 9.53. The first-order chi connectivity index (χ1) is 15.3. The monoisotopic (exact) mass is 440 g/mol. The number of nitriles is 1. The van der Waals surface area contributed by atoms with E-state index in [2.05, 4.69) is 26.3 Å². The van der Waals surface area contributed by atoms with Crippen LogP contribution in [-0.4, -0.2) is 38.9 Å². The molecule has 32 heavy (non-hydrogen) atoms. The summed E-state index contributed by atoms with van der Waals surface area (Å²) in [5.74, 6) is 1.21. The first kappa shape index (κ1) is 20.2. The molecule has 0 bridgehead atoms. The Morgan fingerprint density at radius 2 is 2.03 bits per heavy atom. The molecule has 2 fully saturated rings. The number of halogens is 3. The molecule has 2 aliphatic carbocycles. The molecule has 2 heterocycles. The lowest BCUT2D eigenvalue weighted by molar-refractivity contribution is -0.274. The van der Waals surface area contributed by atoms with Crippen LogP contribution in [0.25, 0.3) is 16.8 Å². The minimum absolute atomic E-state index is 0.0872. The molecule has 10 heteroatoms. The van der Waals surface area contributed by atoms with Crippen LogP contribution in [0.3, 0.4) is 0 Å². The molecule has 1 aromatic carbocycles. The summed E-state index contributed by atoms with van der Waals surface area (Å²) in [6.45, 7) is 0. The van der Waals surface area contributed by atoms with Crippen LogP contribution in [0.2, 0.25) is 0 Å². The van der Waals surface area contributed by atoms with Gasteiger partial charge in [0.25, 0.3) is 0 Å². The Balaban J connectivity index is 1.40. The van der Waals surface area contributed by atoms with E-state index in [9.17, 15) is 13.2 Å². The highest BCUT2D eigenvalue weighted by atomic mass is 19.4. The van der Waals surface area contributed by atoms with Crippen LogP contribution in [0.4, 0.5) is 19.1 Å². The molecule has 0 aliphatic heterocycles. The van der Waals surface area contributed by atoms with E-state index in [-0.39, 0.29) is 11.8 Å². The molecule has 3 aromatic rings. The Morgan fingerprint density at radius 3 is 2.69 bits per heavy atom. The van der Waals surface area contributed by atoms with Crippen LogP contribution in [0, 0.1) is 23.3 Å². The third kappa shape index (κ3) is 3.60. The quantitative estimate of drug-likeness (QED) is 0.468. The number of aromatic nitrogens is 3. The van der Waals surface area contributed by atoms with Crippen LogP contribution in [0.1, 0.15) is 12.8 Å². The van der Waals surface area contributed by atoms with Crippen molar-refractivity contribution in [3.8, 4) is 23.1 Å². The normalized spacial score (nSPS) is 23.1. The van der Waals surface area contributed by atoms with Gasteiger partial charge in [-0.15, -0.1) is 18.3 Å². The van der Waals surface area contributed by atoms with Gasteiger partial charge in [-0.1, -0.05) is 12.1 Å². The molecule has 2 saturated carbocycles. The van der Waals surface area contributed by atoms with Crippen molar-refractivity contribution in [2.45, 2.75) is 25.2 Å². The molecular weight excluding hydrogens is 421 g/mol. The highest BCUT2D eigenvalue weighted by molar-refractivity contribution is 5.78. The molecule has 2 aliphatic rings. The SMILES string of the molecule is CN(C#N)/C=C1\C2CCC2[C@H]1Nc1nc2c(-c3ccc(OC(F)(F)F)cc3)cccn2n1. The zero-order chi connectivity index (χ0) is 22.5. The fraction of sp³-hybridized carbons (Fsp3) is 0.318. The van der Waals surface area contributed by atoms with Crippen LogP contribution < -0.4 is 10.1 Å². The summed E-state index contributed by atoms with van der Waals surface area (Å²) < 4.78 is 42.8. The maximum absolute atomic E-state index is 12.4. The van der Waals surface area contributed by atoms with E-state index >= 15 is 0 Å². The van der Waals surface area contributed by atoms with Crippen molar-refractivity contribution in [2.24, 2.45) is 11.8 Å². The molecule has 0 amide bonds. The molecule has 3 atom stereocenters. The topological polar surface area (TPSA) is 78.5 Å². The molecule has 7 nitrogen and oxygen atoms in total. The molecule has 0 saturated heterocycles. The van der Waals surface area contributed by atoms with Crippen LogP contribution >= 0.6 is 0 Å². The van der Waals surface area contributed by atoms with Gasteiger partial charge in [0.2, 0.25) is 5.95 Å². The third-order valence-corrected chi connectivity index (χ3v) is 6.09. The lowest BCUT2D eigenvalue weighted by Crippen LogP contribution is -2.55. The highest BCUT2D eigenvalue weighted by Gasteiger charge is 2.52. The van der Waals surface area contributed by atoms with E-state index in [0.717, 1.165) is 18.4 Å².